The minimum Gasteiger partial charge on any atom is -0.384 e. The van der Waals surface area contributed by atoms with Crippen LogP contribution >= 0.6 is 0 Å². The summed E-state index contributed by atoms with van der Waals surface area (Å²) in [6.45, 7) is 0.903. The maximum Gasteiger partial charge on any atom is 0.273 e. The molecule has 2 saturated carbocycles. The van der Waals surface area contributed by atoms with Gasteiger partial charge in [-0.25, -0.2) is 0 Å². The lowest BCUT2D eigenvalue weighted by molar-refractivity contribution is -0.384. The van der Waals surface area contributed by atoms with Crippen LogP contribution in [0.15, 0.2) is 18.2 Å². The highest BCUT2D eigenvalue weighted by atomic mass is 16.6. The van der Waals surface area contributed by atoms with Crippen molar-refractivity contribution in [3.8, 4) is 0 Å². The van der Waals surface area contributed by atoms with Crippen LogP contribution in [0.4, 0.5) is 17.1 Å². The maximum atomic E-state index is 10.9. The summed E-state index contributed by atoms with van der Waals surface area (Å²) >= 11 is 0. The molecule has 2 aliphatic carbocycles. The minimum absolute atomic E-state index is 0.0531. The van der Waals surface area contributed by atoms with Crippen LogP contribution in [0.3, 0.4) is 0 Å². The summed E-state index contributed by atoms with van der Waals surface area (Å²) in [5, 5.41) is 14.3. The quantitative estimate of drug-likeness (QED) is 0.404. The Kier molecular flexibility index (Phi) is 3.48. The van der Waals surface area contributed by atoms with E-state index in [4.69, 9.17) is 5.84 Å². The van der Waals surface area contributed by atoms with Crippen molar-refractivity contribution in [3.05, 3.63) is 28.3 Å². The van der Waals surface area contributed by atoms with Gasteiger partial charge in [-0.1, -0.05) is 0 Å². The van der Waals surface area contributed by atoms with Crippen LogP contribution in [-0.2, 0) is 0 Å². The van der Waals surface area contributed by atoms with Gasteiger partial charge in [0.1, 0.15) is 0 Å². The van der Waals surface area contributed by atoms with E-state index in [1.54, 1.807) is 6.07 Å². The van der Waals surface area contributed by atoms with E-state index in [2.05, 4.69) is 10.7 Å². The van der Waals surface area contributed by atoms with Crippen molar-refractivity contribution < 1.29 is 4.92 Å². The fourth-order valence-electron chi connectivity index (χ4n) is 2.90. The second-order valence-electron chi connectivity index (χ2n) is 5.89. The average Bonchev–Trinajstić information content (AvgIpc) is 3.31. The molecule has 0 radical (unpaired) electrons. The molecule has 0 bridgehead atoms. The van der Waals surface area contributed by atoms with Gasteiger partial charge in [-0.15, -0.1) is 0 Å². The van der Waals surface area contributed by atoms with E-state index in [0.717, 1.165) is 30.0 Å². The molecule has 0 amide bonds. The Morgan fingerprint density at radius 2 is 1.80 bits per heavy atom. The lowest BCUT2D eigenvalue weighted by Gasteiger charge is -2.17. The lowest BCUT2D eigenvalue weighted by Crippen LogP contribution is -2.18. The molecule has 4 N–H and O–H groups in total. The first-order chi connectivity index (χ1) is 9.67. The standard InChI is InChI=1S/C14H20N4O2/c15-17-12-5-11(6-13(7-12)18(19)20)16-8-14(9-1-2-9)10-3-4-10/h5-7,9-10,14,16-17H,1-4,8,15H2. The smallest absolute Gasteiger partial charge is 0.273 e. The van der Waals surface area contributed by atoms with Crippen molar-refractivity contribution in [1.82, 2.24) is 0 Å². The number of nitrogens with two attached hydrogens (primary N) is 1. The summed E-state index contributed by atoms with van der Waals surface area (Å²) in [6, 6.07) is 4.81. The number of nitro benzene ring substituents is 1. The van der Waals surface area contributed by atoms with Crippen molar-refractivity contribution in [2.45, 2.75) is 25.7 Å². The Hall–Kier alpha value is -1.82. The topological polar surface area (TPSA) is 93.2 Å². The molecule has 20 heavy (non-hydrogen) atoms. The molecule has 108 valence electrons. The Bertz CT molecular complexity index is 500. The number of nitrogens with one attached hydrogen (secondary N) is 2. The van der Waals surface area contributed by atoms with Gasteiger partial charge in [-0.2, -0.15) is 0 Å². The number of hydrogen-bond donors (Lipinski definition) is 3. The molecule has 0 aromatic heterocycles. The van der Waals surface area contributed by atoms with Gasteiger partial charge in [-0.3, -0.25) is 16.0 Å². The molecule has 0 atom stereocenters. The van der Waals surface area contributed by atoms with Crippen LogP contribution in [0.5, 0.6) is 0 Å². The molecule has 2 aliphatic rings. The molecule has 6 nitrogen and oxygen atoms in total. The van der Waals surface area contributed by atoms with Crippen molar-refractivity contribution in [2.24, 2.45) is 23.6 Å². The molecular weight excluding hydrogens is 256 g/mol. The highest BCUT2D eigenvalue weighted by Crippen LogP contribution is 2.49. The zero-order chi connectivity index (χ0) is 14.1. The third-order valence-corrected chi connectivity index (χ3v) is 4.29. The van der Waals surface area contributed by atoms with E-state index in [1.165, 1.54) is 31.7 Å². The summed E-state index contributed by atoms with van der Waals surface area (Å²) < 4.78 is 0. The predicted octanol–water partition coefficient (Wildman–Crippen LogP) is 2.73. The number of anilines is 2. The fraction of sp³-hybridized carbons (Fsp3) is 0.571. The van der Waals surface area contributed by atoms with Gasteiger partial charge >= 0.3 is 0 Å². The van der Waals surface area contributed by atoms with E-state index in [0.29, 0.717) is 5.69 Å². The first-order valence-corrected chi connectivity index (χ1v) is 7.17. The largest absolute Gasteiger partial charge is 0.384 e. The fourth-order valence-corrected chi connectivity index (χ4v) is 2.90. The van der Waals surface area contributed by atoms with Crippen LogP contribution in [0.1, 0.15) is 25.7 Å². The van der Waals surface area contributed by atoms with Crippen molar-refractivity contribution in [2.75, 3.05) is 17.3 Å². The number of benzene rings is 1. The van der Waals surface area contributed by atoms with Crippen LogP contribution < -0.4 is 16.6 Å². The normalized spacial score (nSPS) is 18.1. The Balaban J connectivity index is 1.69. The number of nitrogens with zero attached hydrogens (tertiary/aromatic N) is 1. The van der Waals surface area contributed by atoms with Crippen LogP contribution in [-0.4, -0.2) is 11.5 Å². The third kappa shape index (κ3) is 3.01. The molecule has 1 aromatic rings. The number of hydrazine groups is 1. The minimum atomic E-state index is -0.398. The van der Waals surface area contributed by atoms with E-state index in [1.807, 2.05) is 6.07 Å². The number of rotatable bonds is 7. The SMILES string of the molecule is NNc1cc(NCC(C2CC2)C2CC2)cc([N+](=O)[O-])c1. The molecule has 0 saturated heterocycles. The van der Waals surface area contributed by atoms with Gasteiger partial charge in [0, 0.05) is 24.4 Å². The average molecular weight is 276 g/mol. The van der Waals surface area contributed by atoms with Crippen molar-refractivity contribution >= 4 is 17.1 Å². The number of non-ortho nitro benzene ring substituents is 1. The van der Waals surface area contributed by atoms with Gasteiger partial charge in [0.25, 0.3) is 5.69 Å². The zero-order valence-corrected chi connectivity index (χ0v) is 11.3. The van der Waals surface area contributed by atoms with E-state index in [-0.39, 0.29) is 5.69 Å². The van der Waals surface area contributed by atoms with Gasteiger partial charge in [0.05, 0.1) is 10.6 Å². The highest BCUT2D eigenvalue weighted by molar-refractivity contribution is 5.63. The summed E-state index contributed by atoms with van der Waals surface area (Å²) in [4.78, 5) is 10.5. The molecule has 0 heterocycles. The highest BCUT2D eigenvalue weighted by Gasteiger charge is 2.40. The molecule has 0 aliphatic heterocycles. The molecule has 0 spiro atoms. The van der Waals surface area contributed by atoms with Crippen molar-refractivity contribution in [1.29, 1.82) is 0 Å². The van der Waals surface area contributed by atoms with Crippen molar-refractivity contribution in [3.63, 3.8) is 0 Å². The number of hydrogen-bond acceptors (Lipinski definition) is 5. The van der Waals surface area contributed by atoms with Crippen LogP contribution in [0.2, 0.25) is 0 Å². The number of nitro groups is 1. The number of nitrogen functional groups attached to an aromatic ring is 1. The predicted molar refractivity (Wildman–Crippen MR) is 78.3 cm³/mol. The molecule has 3 rings (SSSR count). The van der Waals surface area contributed by atoms with Crippen LogP contribution in [0.25, 0.3) is 0 Å². The summed E-state index contributed by atoms with van der Waals surface area (Å²) in [5.74, 6) is 7.81. The second kappa shape index (κ2) is 5.28. The molecule has 1 aromatic carbocycles. The van der Waals surface area contributed by atoms with Crippen LogP contribution in [0, 0.1) is 27.9 Å². The monoisotopic (exact) mass is 276 g/mol. The molecule has 6 heteroatoms. The Morgan fingerprint density at radius 3 is 2.30 bits per heavy atom. The Labute approximate surface area is 117 Å². The van der Waals surface area contributed by atoms with Gasteiger partial charge in [0.15, 0.2) is 0 Å². The summed E-state index contributed by atoms with van der Waals surface area (Å²) in [6.07, 6.45) is 5.36. The third-order valence-electron chi connectivity index (χ3n) is 4.29. The zero-order valence-electron chi connectivity index (χ0n) is 11.3. The summed E-state index contributed by atoms with van der Waals surface area (Å²) in [7, 11) is 0. The van der Waals surface area contributed by atoms with E-state index < -0.39 is 4.92 Å². The molecular formula is C14H20N4O2. The second-order valence-corrected chi connectivity index (χ2v) is 5.89. The van der Waals surface area contributed by atoms with E-state index >= 15 is 0 Å². The maximum absolute atomic E-state index is 10.9. The van der Waals surface area contributed by atoms with E-state index in [9.17, 15) is 10.1 Å². The first-order valence-electron chi connectivity index (χ1n) is 7.17. The molecule has 0 unspecified atom stereocenters. The Morgan fingerprint density at radius 1 is 1.20 bits per heavy atom. The molecule has 2 fully saturated rings. The van der Waals surface area contributed by atoms with Gasteiger partial charge < -0.3 is 10.7 Å². The summed E-state index contributed by atoms with van der Waals surface area (Å²) in [5.41, 5.74) is 3.84. The van der Waals surface area contributed by atoms with Gasteiger partial charge in [-0.05, 0) is 49.5 Å². The first kappa shape index (κ1) is 13.2. The van der Waals surface area contributed by atoms with Gasteiger partial charge in [0.2, 0.25) is 0 Å². The lowest BCUT2D eigenvalue weighted by atomic mass is 9.98.